The van der Waals surface area contributed by atoms with Gasteiger partial charge >= 0.3 is 0 Å². The van der Waals surface area contributed by atoms with Crippen LogP contribution in [-0.2, 0) is 14.8 Å². The second kappa shape index (κ2) is 10.5. The zero-order valence-electron chi connectivity index (χ0n) is 19.8. The van der Waals surface area contributed by atoms with Crippen LogP contribution in [0.3, 0.4) is 0 Å². The van der Waals surface area contributed by atoms with Crippen LogP contribution in [0.15, 0.2) is 92.5 Å². The van der Waals surface area contributed by atoms with Crippen molar-refractivity contribution in [3.05, 3.63) is 103 Å². The first-order valence-corrected chi connectivity index (χ1v) is 14.7. The molecule has 1 unspecified atom stereocenters. The van der Waals surface area contributed by atoms with Gasteiger partial charge in [-0.1, -0.05) is 35.3 Å². The molecule has 1 aromatic heterocycles. The number of nitriles is 1. The Morgan fingerprint density at radius 3 is 2.53 bits per heavy atom. The summed E-state index contributed by atoms with van der Waals surface area (Å²) in [7, 11) is -3.91. The van der Waals surface area contributed by atoms with Gasteiger partial charge in [-0.2, -0.15) is 5.26 Å². The molecular formula is C27H20Cl2N4O3S2. The lowest BCUT2D eigenvalue weighted by Crippen LogP contribution is -2.35. The summed E-state index contributed by atoms with van der Waals surface area (Å²) in [6, 6.07) is 17.1. The molecule has 7 nitrogen and oxygen atoms in total. The molecular weight excluding hydrogens is 563 g/mol. The average molecular weight is 584 g/mol. The Labute approximate surface area is 234 Å². The third-order valence-electron chi connectivity index (χ3n) is 6.40. The molecule has 0 amide bonds. The Balaban J connectivity index is 1.79. The second-order valence-electron chi connectivity index (χ2n) is 8.73. The quantitative estimate of drug-likeness (QED) is 0.361. The monoisotopic (exact) mass is 582 g/mol. The van der Waals surface area contributed by atoms with E-state index in [2.05, 4.69) is 6.07 Å². The van der Waals surface area contributed by atoms with E-state index in [1.165, 1.54) is 23.5 Å². The fourth-order valence-corrected chi connectivity index (χ4v) is 6.39. The van der Waals surface area contributed by atoms with E-state index in [1.807, 2.05) is 17.5 Å². The maximum atomic E-state index is 13.4. The number of anilines is 1. The third-order valence-corrected chi connectivity index (χ3v) is 8.70. The Morgan fingerprint density at radius 1 is 1.13 bits per heavy atom. The molecule has 1 atom stereocenters. The van der Waals surface area contributed by atoms with Crippen molar-refractivity contribution in [2.75, 3.05) is 4.90 Å². The number of nitrogens with zero attached hydrogens (tertiary/aromatic N) is 3. The molecule has 2 heterocycles. The highest BCUT2D eigenvalue weighted by Crippen LogP contribution is 2.49. The standard InChI is InChI=1S/C27H20Cl2N4O3S2/c28-16-6-11-20(22(29)13-16)25-21(14-30)27(32-15-18-3-2-12-37-18)33(23-4-1-5-24(34)26(23)25)17-7-9-19(10-8-17)38(31,35)36/h2-3,6-13,15,25H,1,4-5H2,(H2,31,35,36)/b32-15+. The van der Waals surface area contributed by atoms with Gasteiger partial charge in [0.25, 0.3) is 0 Å². The van der Waals surface area contributed by atoms with Crippen LogP contribution in [0.4, 0.5) is 5.69 Å². The number of carbonyl (C=O) groups is 1. The van der Waals surface area contributed by atoms with Crippen LogP contribution < -0.4 is 10.0 Å². The van der Waals surface area contributed by atoms with Crippen molar-refractivity contribution >= 4 is 62.2 Å². The molecule has 1 aliphatic heterocycles. The van der Waals surface area contributed by atoms with Crippen molar-refractivity contribution in [2.45, 2.75) is 30.1 Å². The first kappa shape index (κ1) is 26.4. The molecule has 192 valence electrons. The molecule has 11 heteroatoms. The molecule has 0 spiro atoms. The van der Waals surface area contributed by atoms with Gasteiger partial charge in [0.1, 0.15) is 0 Å². The van der Waals surface area contributed by atoms with Crippen LogP contribution in [0.5, 0.6) is 0 Å². The van der Waals surface area contributed by atoms with Crippen molar-refractivity contribution in [3.63, 3.8) is 0 Å². The first-order chi connectivity index (χ1) is 18.2. The van der Waals surface area contributed by atoms with Crippen molar-refractivity contribution in [3.8, 4) is 6.07 Å². The number of halogens is 2. The number of thiophene rings is 1. The largest absolute Gasteiger partial charge is 0.298 e. The van der Waals surface area contributed by atoms with Crippen molar-refractivity contribution in [1.82, 2.24) is 0 Å². The predicted molar refractivity (Wildman–Crippen MR) is 150 cm³/mol. The number of rotatable bonds is 5. The van der Waals surface area contributed by atoms with Crippen molar-refractivity contribution < 1.29 is 13.2 Å². The summed E-state index contributed by atoms with van der Waals surface area (Å²) in [5.41, 5.74) is 2.54. The number of hydrogen-bond donors (Lipinski definition) is 1. The maximum absolute atomic E-state index is 13.4. The van der Waals surface area contributed by atoms with Gasteiger partial charge in [0.2, 0.25) is 10.0 Å². The number of allylic oxidation sites excluding steroid dienone is 3. The topological polar surface area (TPSA) is 117 Å². The van der Waals surface area contributed by atoms with Crippen LogP contribution in [0.25, 0.3) is 0 Å². The highest BCUT2D eigenvalue weighted by Gasteiger charge is 2.41. The Morgan fingerprint density at radius 2 is 1.89 bits per heavy atom. The van der Waals surface area contributed by atoms with Gasteiger partial charge in [-0.3, -0.25) is 9.69 Å². The Bertz CT molecular complexity index is 1670. The smallest absolute Gasteiger partial charge is 0.238 e. The molecule has 0 saturated heterocycles. The van der Waals surface area contributed by atoms with Gasteiger partial charge < -0.3 is 0 Å². The second-order valence-corrected chi connectivity index (χ2v) is 12.1. The highest BCUT2D eigenvalue weighted by molar-refractivity contribution is 7.89. The minimum atomic E-state index is -3.91. The molecule has 3 aromatic rings. The van der Waals surface area contributed by atoms with E-state index in [9.17, 15) is 18.5 Å². The molecule has 2 N–H and O–H groups in total. The number of primary sulfonamides is 1. The van der Waals surface area contributed by atoms with Gasteiger partial charge in [-0.05, 0) is 66.2 Å². The lowest BCUT2D eigenvalue weighted by molar-refractivity contribution is -0.116. The third kappa shape index (κ3) is 4.94. The van der Waals surface area contributed by atoms with E-state index in [4.69, 9.17) is 33.3 Å². The van der Waals surface area contributed by atoms with E-state index < -0.39 is 15.9 Å². The fourth-order valence-electron chi connectivity index (χ4n) is 4.77. The van der Waals surface area contributed by atoms with Crippen LogP contribution in [-0.4, -0.2) is 20.4 Å². The molecule has 0 radical (unpaired) electrons. The van der Waals surface area contributed by atoms with Crippen LogP contribution in [0.1, 0.15) is 35.6 Å². The lowest BCUT2D eigenvalue weighted by atomic mass is 9.75. The minimum absolute atomic E-state index is 0.0499. The normalized spacial score (nSPS) is 18.2. The zero-order chi connectivity index (χ0) is 27.0. The maximum Gasteiger partial charge on any atom is 0.238 e. The Hall–Kier alpha value is -3.26. The van der Waals surface area contributed by atoms with E-state index in [0.29, 0.717) is 57.6 Å². The fraction of sp³-hybridized carbons (Fsp3) is 0.148. The SMILES string of the molecule is N#CC1=C(/N=C/c2cccs2)N(c2ccc(S(N)(=O)=O)cc2)C2=C(C(=O)CCC2)C1c1ccc(Cl)cc1Cl. The van der Waals surface area contributed by atoms with Crippen LogP contribution in [0.2, 0.25) is 10.0 Å². The number of benzene rings is 2. The molecule has 0 bridgehead atoms. The van der Waals surface area contributed by atoms with E-state index in [-0.39, 0.29) is 16.3 Å². The number of hydrogen-bond acceptors (Lipinski definition) is 7. The minimum Gasteiger partial charge on any atom is -0.298 e. The summed E-state index contributed by atoms with van der Waals surface area (Å²) in [6.45, 7) is 0. The van der Waals surface area contributed by atoms with Gasteiger partial charge in [-0.15, -0.1) is 11.3 Å². The van der Waals surface area contributed by atoms with Gasteiger partial charge in [0.15, 0.2) is 11.6 Å². The summed E-state index contributed by atoms with van der Waals surface area (Å²) in [5.74, 6) is -0.487. The highest BCUT2D eigenvalue weighted by atomic mass is 35.5. The summed E-state index contributed by atoms with van der Waals surface area (Å²) >= 11 is 14.3. The zero-order valence-corrected chi connectivity index (χ0v) is 22.9. The van der Waals surface area contributed by atoms with E-state index >= 15 is 0 Å². The Kier molecular flexibility index (Phi) is 7.27. The lowest BCUT2D eigenvalue weighted by Gasteiger charge is -2.39. The molecule has 0 fully saturated rings. The van der Waals surface area contributed by atoms with E-state index in [1.54, 1.807) is 41.4 Å². The van der Waals surface area contributed by atoms with Gasteiger partial charge in [0.05, 0.1) is 22.5 Å². The van der Waals surface area contributed by atoms with Crippen molar-refractivity contribution in [1.29, 1.82) is 5.26 Å². The molecule has 5 rings (SSSR count). The van der Waals surface area contributed by atoms with Crippen LogP contribution in [0, 0.1) is 11.3 Å². The molecule has 0 saturated carbocycles. The first-order valence-electron chi connectivity index (χ1n) is 11.5. The number of sulfonamides is 1. The van der Waals surface area contributed by atoms with Crippen LogP contribution >= 0.6 is 34.5 Å². The summed E-state index contributed by atoms with van der Waals surface area (Å²) in [6.07, 6.45) is 3.18. The van der Waals surface area contributed by atoms with Crippen molar-refractivity contribution in [2.24, 2.45) is 10.1 Å². The number of Topliss-reactive ketones (excluding diaryl/α,β-unsaturated/α-hetero) is 1. The molecule has 2 aliphatic rings. The number of nitrogens with two attached hydrogens (primary N) is 1. The molecule has 38 heavy (non-hydrogen) atoms. The molecule has 2 aromatic carbocycles. The van der Waals surface area contributed by atoms with E-state index in [0.717, 1.165) is 4.88 Å². The summed E-state index contributed by atoms with van der Waals surface area (Å²) in [4.78, 5) is 20.8. The summed E-state index contributed by atoms with van der Waals surface area (Å²) in [5, 5.41) is 18.5. The summed E-state index contributed by atoms with van der Waals surface area (Å²) < 4.78 is 23.7. The number of ketones is 1. The number of aliphatic imine (C=N–C) groups is 1. The number of carbonyl (C=O) groups excluding carboxylic acids is 1. The predicted octanol–water partition coefficient (Wildman–Crippen LogP) is 6.17. The van der Waals surface area contributed by atoms with Gasteiger partial charge in [-0.25, -0.2) is 18.5 Å². The van der Waals surface area contributed by atoms with Gasteiger partial charge in [0, 0.05) is 44.5 Å². The average Bonchev–Trinajstić information content (AvgIpc) is 3.40. The molecule has 1 aliphatic carbocycles.